The molecule has 2 aliphatic heterocycles. The molecule has 0 unspecified atom stereocenters. The second kappa shape index (κ2) is 14.2. The van der Waals surface area contributed by atoms with Crippen molar-refractivity contribution in [1.82, 2.24) is 15.1 Å². The molecule has 4 aromatic rings. The zero-order valence-corrected chi connectivity index (χ0v) is 26.9. The number of rotatable bonds is 9. The van der Waals surface area contributed by atoms with Gasteiger partial charge in [-0.25, -0.2) is 8.42 Å². The van der Waals surface area contributed by atoms with Gasteiger partial charge in [-0.15, -0.1) is 10.2 Å². The molecular formula is C34H36F3N6O4S+. The SMILES string of the molecule is O=C(c1ccc(N2CC[NH2+]CC2)c(NS(=O)(=O)Cc2ccccc2)c1)N1CCC(c2ccc(Oc3ccc(C(F)(F)F)nn3)cc2)CC1. The van der Waals surface area contributed by atoms with E-state index < -0.39 is 21.9 Å². The van der Waals surface area contributed by atoms with Crippen LogP contribution in [0.1, 0.15) is 45.9 Å². The van der Waals surface area contributed by atoms with Gasteiger partial charge in [-0.1, -0.05) is 42.5 Å². The monoisotopic (exact) mass is 681 g/mol. The van der Waals surface area contributed by atoms with Crippen LogP contribution < -0.4 is 19.7 Å². The minimum absolute atomic E-state index is 0.0443. The Morgan fingerprint density at radius 1 is 0.896 bits per heavy atom. The van der Waals surface area contributed by atoms with E-state index in [2.05, 4.69) is 25.1 Å². The number of likely N-dealkylation sites (tertiary alicyclic amines) is 1. The molecule has 0 radical (unpaired) electrons. The first kappa shape index (κ1) is 33.2. The molecule has 0 bridgehead atoms. The summed E-state index contributed by atoms with van der Waals surface area (Å²) in [6, 6.07) is 23.5. The maximum absolute atomic E-state index is 13.7. The lowest BCUT2D eigenvalue weighted by Gasteiger charge is -2.33. The molecule has 3 N–H and O–H groups in total. The van der Waals surface area contributed by atoms with E-state index in [1.807, 2.05) is 24.3 Å². The Hall–Kier alpha value is -4.69. The second-order valence-corrected chi connectivity index (χ2v) is 13.6. The van der Waals surface area contributed by atoms with Crippen molar-refractivity contribution in [2.75, 3.05) is 48.9 Å². The maximum Gasteiger partial charge on any atom is 0.435 e. The van der Waals surface area contributed by atoms with Crippen molar-refractivity contribution in [3.8, 4) is 11.6 Å². The Balaban J connectivity index is 1.10. The van der Waals surface area contributed by atoms with Crippen LogP contribution in [0.25, 0.3) is 0 Å². The standard InChI is InChI=1S/C34H35F3N6O4S/c35-34(36,37)31-12-13-32(40-39-31)47-28-9-6-25(7-10-28)26-14-18-43(19-15-26)33(44)27-8-11-30(42-20-16-38-17-21-42)29(22-27)41-48(45,46)23-24-4-2-1-3-5-24/h1-13,22,26,38,41H,14-21,23H2/p+1. The smallest absolute Gasteiger partial charge is 0.435 e. The number of carbonyl (C=O) groups excluding carboxylic acids is 1. The Morgan fingerprint density at radius 2 is 1.60 bits per heavy atom. The molecule has 2 aliphatic rings. The van der Waals surface area contributed by atoms with E-state index in [0.717, 1.165) is 62.4 Å². The number of piperidine rings is 1. The molecule has 252 valence electrons. The molecule has 0 aliphatic carbocycles. The molecule has 1 aromatic heterocycles. The van der Waals surface area contributed by atoms with Crippen LogP contribution in [-0.2, 0) is 22.0 Å². The highest BCUT2D eigenvalue weighted by Gasteiger charge is 2.33. The fourth-order valence-corrected chi connectivity index (χ4v) is 7.27. The minimum atomic E-state index is -4.57. The number of nitrogens with two attached hydrogens (primary N) is 1. The van der Waals surface area contributed by atoms with Gasteiger partial charge >= 0.3 is 6.18 Å². The molecule has 2 fully saturated rings. The van der Waals surface area contributed by atoms with Gasteiger partial charge in [0.1, 0.15) is 5.75 Å². The second-order valence-electron chi connectivity index (χ2n) is 11.9. The summed E-state index contributed by atoms with van der Waals surface area (Å²) < 4.78 is 73.0. The number of nitrogens with one attached hydrogen (secondary N) is 1. The van der Waals surface area contributed by atoms with Crippen molar-refractivity contribution in [3.63, 3.8) is 0 Å². The highest BCUT2D eigenvalue weighted by Crippen LogP contribution is 2.33. The van der Waals surface area contributed by atoms with Crippen LogP contribution in [0.2, 0.25) is 0 Å². The van der Waals surface area contributed by atoms with Gasteiger partial charge in [-0.2, -0.15) is 13.2 Å². The first-order valence-electron chi connectivity index (χ1n) is 15.8. The number of sulfonamides is 1. The van der Waals surface area contributed by atoms with Gasteiger partial charge in [0.25, 0.3) is 5.91 Å². The number of carbonyl (C=O) groups is 1. The molecular weight excluding hydrogens is 645 g/mol. The van der Waals surface area contributed by atoms with Crippen LogP contribution >= 0.6 is 0 Å². The molecule has 0 spiro atoms. The third-order valence-electron chi connectivity index (χ3n) is 8.54. The molecule has 2 saturated heterocycles. The fraction of sp³-hybridized carbons (Fsp3) is 0.324. The third kappa shape index (κ3) is 8.23. The summed E-state index contributed by atoms with van der Waals surface area (Å²) in [5.74, 6) is 0.242. The molecule has 14 heteroatoms. The summed E-state index contributed by atoms with van der Waals surface area (Å²) in [5, 5.41) is 8.90. The van der Waals surface area contributed by atoms with Crippen molar-refractivity contribution in [2.45, 2.75) is 30.7 Å². The van der Waals surface area contributed by atoms with Gasteiger partial charge in [0.05, 0.1) is 43.3 Å². The highest BCUT2D eigenvalue weighted by molar-refractivity contribution is 7.91. The molecule has 3 heterocycles. The Morgan fingerprint density at radius 3 is 2.25 bits per heavy atom. The Kier molecular flexibility index (Phi) is 9.83. The summed E-state index contributed by atoms with van der Waals surface area (Å²) in [5.41, 5.74) is 2.22. The zero-order valence-electron chi connectivity index (χ0n) is 26.1. The van der Waals surface area contributed by atoms with Gasteiger partial charge in [0.2, 0.25) is 15.9 Å². The summed E-state index contributed by atoms with van der Waals surface area (Å²) >= 11 is 0. The number of halogens is 3. The lowest BCUT2D eigenvalue weighted by atomic mass is 9.89. The van der Waals surface area contributed by atoms with Crippen molar-refractivity contribution < 1.29 is 36.4 Å². The highest BCUT2D eigenvalue weighted by atomic mass is 32.2. The number of alkyl halides is 3. The van der Waals surface area contributed by atoms with Crippen LogP contribution in [-0.4, -0.2) is 68.7 Å². The molecule has 6 rings (SSSR count). The number of nitrogens with zero attached hydrogens (tertiary/aromatic N) is 4. The van der Waals surface area contributed by atoms with Gasteiger partial charge in [0.15, 0.2) is 5.69 Å². The molecule has 1 amide bonds. The lowest BCUT2D eigenvalue weighted by Crippen LogP contribution is -2.89. The van der Waals surface area contributed by atoms with Crippen molar-refractivity contribution >= 4 is 27.3 Å². The maximum atomic E-state index is 13.7. The molecule has 0 saturated carbocycles. The number of aromatic nitrogens is 2. The van der Waals surface area contributed by atoms with E-state index in [9.17, 15) is 26.4 Å². The largest absolute Gasteiger partial charge is 0.438 e. The third-order valence-corrected chi connectivity index (χ3v) is 9.79. The summed E-state index contributed by atoms with van der Waals surface area (Å²) in [4.78, 5) is 17.6. The molecule has 0 atom stereocenters. The van der Waals surface area contributed by atoms with Crippen molar-refractivity contribution in [1.29, 1.82) is 0 Å². The Bertz CT molecular complexity index is 1810. The normalized spacial score (nSPS) is 16.1. The van der Waals surface area contributed by atoms with E-state index in [1.54, 1.807) is 53.4 Å². The average Bonchev–Trinajstić information content (AvgIpc) is 3.09. The number of hydrogen-bond donors (Lipinski definition) is 2. The predicted octanol–water partition coefficient (Wildman–Crippen LogP) is 4.63. The number of piperazine rings is 1. The van der Waals surface area contributed by atoms with Crippen LogP contribution in [0.15, 0.2) is 84.9 Å². The summed E-state index contributed by atoms with van der Waals surface area (Å²) in [6.07, 6.45) is -3.11. The predicted molar refractivity (Wildman–Crippen MR) is 174 cm³/mol. The van der Waals surface area contributed by atoms with Gasteiger partial charge in [-0.3, -0.25) is 9.52 Å². The lowest BCUT2D eigenvalue weighted by molar-refractivity contribution is -0.655. The van der Waals surface area contributed by atoms with E-state index in [1.165, 1.54) is 0 Å². The van der Waals surface area contributed by atoms with Crippen LogP contribution in [0.3, 0.4) is 0 Å². The molecule has 3 aromatic carbocycles. The van der Waals surface area contributed by atoms with E-state index in [0.29, 0.717) is 35.7 Å². The zero-order chi connectivity index (χ0) is 33.7. The number of quaternary nitrogens is 1. The first-order valence-corrected chi connectivity index (χ1v) is 17.4. The summed E-state index contributed by atoms with van der Waals surface area (Å²) in [7, 11) is -3.75. The topological polar surface area (TPSA) is 121 Å². The van der Waals surface area contributed by atoms with Crippen LogP contribution in [0.4, 0.5) is 24.5 Å². The van der Waals surface area contributed by atoms with Crippen LogP contribution in [0.5, 0.6) is 11.6 Å². The van der Waals surface area contributed by atoms with Crippen molar-refractivity contribution in [2.24, 2.45) is 0 Å². The van der Waals surface area contributed by atoms with Gasteiger partial charge < -0.3 is 19.9 Å². The minimum Gasteiger partial charge on any atom is -0.438 e. The van der Waals surface area contributed by atoms with E-state index in [-0.39, 0.29) is 23.5 Å². The van der Waals surface area contributed by atoms with Crippen LogP contribution in [0, 0.1) is 0 Å². The molecule has 10 nitrogen and oxygen atoms in total. The quantitative estimate of drug-likeness (QED) is 0.264. The number of benzene rings is 3. The van der Waals surface area contributed by atoms with E-state index in [4.69, 9.17) is 4.74 Å². The first-order chi connectivity index (χ1) is 23.0. The number of anilines is 2. The van der Waals surface area contributed by atoms with Gasteiger partial charge in [0, 0.05) is 24.7 Å². The van der Waals surface area contributed by atoms with E-state index >= 15 is 0 Å². The number of hydrogen-bond acceptors (Lipinski definition) is 7. The van der Waals surface area contributed by atoms with Crippen molar-refractivity contribution in [3.05, 3.63) is 107 Å². The fourth-order valence-electron chi connectivity index (χ4n) is 6.07. The molecule has 48 heavy (non-hydrogen) atoms. The number of amides is 1. The average molecular weight is 682 g/mol. The Labute approximate surface area is 277 Å². The number of ether oxygens (including phenoxy) is 1. The van der Waals surface area contributed by atoms with Gasteiger partial charge in [-0.05, 0) is 66.3 Å². The summed E-state index contributed by atoms with van der Waals surface area (Å²) in [6.45, 7) is 4.39.